The molecule has 0 spiro atoms. The summed E-state index contributed by atoms with van der Waals surface area (Å²) in [5.41, 5.74) is 0. The molecule has 1 heterocycles. The molecule has 1 atom stereocenters. The van der Waals surface area contributed by atoms with Crippen molar-refractivity contribution in [2.75, 3.05) is 20.2 Å². The standard InChI is InChI=1S/C12H18N2O5S2/c1-4-19-12(16)9(2)13-10(15)8-14(3)21(17,18)11-6-5-7-20-11/h5-7,9H,4,8H2,1-3H3,(H,13,15). The van der Waals surface area contributed by atoms with Gasteiger partial charge in [0.15, 0.2) is 0 Å². The average Bonchev–Trinajstić information content (AvgIpc) is 2.93. The third kappa shape index (κ3) is 4.80. The highest BCUT2D eigenvalue weighted by Gasteiger charge is 2.25. The lowest BCUT2D eigenvalue weighted by molar-refractivity contribution is -0.146. The first-order valence-electron chi connectivity index (χ1n) is 6.25. The number of rotatable bonds is 7. The van der Waals surface area contributed by atoms with Gasteiger partial charge in [-0.15, -0.1) is 11.3 Å². The van der Waals surface area contributed by atoms with Crippen LogP contribution in [0.3, 0.4) is 0 Å². The zero-order valence-corrected chi connectivity index (χ0v) is 13.7. The molecule has 0 fully saturated rings. The summed E-state index contributed by atoms with van der Waals surface area (Å²) in [7, 11) is -2.37. The molecule has 0 aliphatic carbocycles. The molecule has 118 valence electrons. The second-order valence-electron chi connectivity index (χ2n) is 4.23. The Bertz CT molecular complexity index is 583. The van der Waals surface area contributed by atoms with E-state index in [2.05, 4.69) is 5.32 Å². The zero-order valence-electron chi connectivity index (χ0n) is 12.0. The molecule has 1 aromatic heterocycles. The van der Waals surface area contributed by atoms with Crippen molar-refractivity contribution in [1.29, 1.82) is 0 Å². The van der Waals surface area contributed by atoms with Crippen molar-refractivity contribution in [3.8, 4) is 0 Å². The molecule has 0 aromatic carbocycles. The molecule has 0 saturated carbocycles. The Labute approximate surface area is 127 Å². The van der Waals surface area contributed by atoms with Crippen LogP contribution in [-0.4, -0.2) is 50.8 Å². The van der Waals surface area contributed by atoms with E-state index in [1.807, 2.05) is 0 Å². The van der Waals surface area contributed by atoms with E-state index in [1.54, 1.807) is 18.4 Å². The average molecular weight is 334 g/mol. The Morgan fingerprint density at radius 1 is 1.48 bits per heavy atom. The van der Waals surface area contributed by atoms with Crippen molar-refractivity contribution in [3.63, 3.8) is 0 Å². The van der Waals surface area contributed by atoms with Crippen LogP contribution >= 0.6 is 11.3 Å². The number of amides is 1. The number of carbonyl (C=O) groups excluding carboxylic acids is 2. The van der Waals surface area contributed by atoms with Crippen LogP contribution in [0.25, 0.3) is 0 Å². The maximum atomic E-state index is 12.1. The van der Waals surface area contributed by atoms with Gasteiger partial charge in [0.1, 0.15) is 10.3 Å². The van der Waals surface area contributed by atoms with E-state index in [0.717, 1.165) is 15.6 Å². The van der Waals surface area contributed by atoms with Gasteiger partial charge >= 0.3 is 5.97 Å². The van der Waals surface area contributed by atoms with Gasteiger partial charge in [-0.3, -0.25) is 4.79 Å². The third-order valence-corrected chi connectivity index (χ3v) is 5.72. The summed E-state index contributed by atoms with van der Waals surface area (Å²) in [6, 6.07) is 2.26. The van der Waals surface area contributed by atoms with Crippen molar-refractivity contribution in [3.05, 3.63) is 17.5 Å². The third-order valence-electron chi connectivity index (χ3n) is 2.54. The number of hydrogen-bond donors (Lipinski definition) is 1. The van der Waals surface area contributed by atoms with E-state index in [4.69, 9.17) is 4.74 Å². The molecule has 7 nitrogen and oxygen atoms in total. The number of thiophene rings is 1. The molecule has 1 rings (SSSR count). The van der Waals surface area contributed by atoms with Gasteiger partial charge in [-0.05, 0) is 25.3 Å². The number of nitrogens with one attached hydrogen (secondary N) is 1. The Morgan fingerprint density at radius 2 is 2.14 bits per heavy atom. The summed E-state index contributed by atoms with van der Waals surface area (Å²) in [4.78, 5) is 23.1. The van der Waals surface area contributed by atoms with Crippen LogP contribution in [0.2, 0.25) is 0 Å². The Kier molecular flexibility index (Phi) is 6.31. The first-order valence-corrected chi connectivity index (χ1v) is 8.56. The molecule has 9 heteroatoms. The van der Waals surface area contributed by atoms with Gasteiger partial charge in [0.05, 0.1) is 13.2 Å². The summed E-state index contributed by atoms with van der Waals surface area (Å²) < 4.78 is 30.1. The highest BCUT2D eigenvalue weighted by atomic mass is 32.2. The van der Waals surface area contributed by atoms with Crippen LogP contribution in [0.5, 0.6) is 0 Å². The topological polar surface area (TPSA) is 92.8 Å². The van der Waals surface area contributed by atoms with Crippen LogP contribution < -0.4 is 5.32 Å². The van der Waals surface area contributed by atoms with E-state index in [0.29, 0.717) is 0 Å². The van der Waals surface area contributed by atoms with Crippen LogP contribution in [0.1, 0.15) is 13.8 Å². The van der Waals surface area contributed by atoms with Gasteiger partial charge < -0.3 is 10.1 Å². The molecule has 1 aromatic rings. The second kappa shape index (κ2) is 7.53. The summed E-state index contributed by atoms with van der Waals surface area (Å²) in [6.07, 6.45) is 0. The highest BCUT2D eigenvalue weighted by molar-refractivity contribution is 7.91. The van der Waals surface area contributed by atoms with Gasteiger partial charge in [-0.1, -0.05) is 6.07 Å². The molecule has 0 radical (unpaired) electrons. The second-order valence-corrected chi connectivity index (χ2v) is 7.45. The number of nitrogens with zero attached hydrogens (tertiary/aromatic N) is 1. The number of carbonyl (C=O) groups is 2. The first-order chi connectivity index (χ1) is 9.78. The van der Waals surface area contributed by atoms with Crippen LogP contribution in [0.15, 0.2) is 21.7 Å². The van der Waals surface area contributed by atoms with Crippen LogP contribution in [-0.2, 0) is 24.3 Å². The molecule has 0 saturated heterocycles. The van der Waals surface area contributed by atoms with Crippen molar-refractivity contribution < 1.29 is 22.7 Å². The van der Waals surface area contributed by atoms with Gasteiger partial charge in [-0.25, -0.2) is 13.2 Å². The van der Waals surface area contributed by atoms with Gasteiger partial charge in [-0.2, -0.15) is 4.31 Å². The Balaban J connectivity index is 2.61. The van der Waals surface area contributed by atoms with E-state index < -0.39 is 27.9 Å². The predicted molar refractivity (Wildman–Crippen MR) is 78.4 cm³/mol. The minimum atomic E-state index is -3.68. The number of esters is 1. The fraction of sp³-hybridized carbons (Fsp3) is 0.500. The van der Waals surface area contributed by atoms with Crippen LogP contribution in [0.4, 0.5) is 0 Å². The van der Waals surface area contributed by atoms with Crippen molar-refractivity contribution in [2.24, 2.45) is 0 Å². The Hall–Kier alpha value is -1.45. The molecular weight excluding hydrogens is 316 g/mol. The maximum Gasteiger partial charge on any atom is 0.328 e. The highest BCUT2D eigenvalue weighted by Crippen LogP contribution is 2.19. The zero-order chi connectivity index (χ0) is 16.0. The normalized spacial score (nSPS) is 13.0. The fourth-order valence-electron chi connectivity index (χ4n) is 1.46. The molecule has 21 heavy (non-hydrogen) atoms. The number of likely N-dealkylation sites (N-methyl/N-ethyl adjacent to an activating group) is 1. The quantitative estimate of drug-likeness (QED) is 0.730. The van der Waals surface area contributed by atoms with E-state index in [9.17, 15) is 18.0 Å². The van der Waals surface area contributed by atoms with Gasteiger partial charge in [0.2, 0.25) is 5.91 Å². The predicted octanol–water partition coefficient (Wildman–Crippen LogP) is 0.436. The van der Waals surface area contributed by atoms with Gasteiger partial charge in [0.25, 0.3) is 10.0 Å². The largest absolute Gasteiger partial charge is 0.464 e. The SMILES string of the molecule is CCOC(=O)C(C)NC(=O)CN(C)S(=O)(=O)c1cccs1. The monoisotopic (exact) mass is 334 g/mol. The van der Waals surface area contributed by atoms with E-state index in [1.165, 1.54) is 20.0 Å². The molecule has 1 amide bonds. The van der Waals surface area contributed by atoms with E-state index in [-0.39, 0.29) is 17.4 Å². The van der Waals surface area contributed by atoms with Crippen molar-refractivity contribution in [1.82, 2.24) is 9.62 Å². The Morgan fingerprint density at radius 3 is 2.67 bits per heavy atom. The smallest absolute Gasteiger partial charge is 0.328 e. The van der Waals surface area contributed by atoms with Gasteiger partial charge in [0, 0.05) is 7.05 Å². The lowest BCUT2D eigenvalue weighted by Gasteiger charge is -2.17. The van der Waals surface area contributed by atoms with Crippen molar-refractivity contribution >= 4 is 33.2 Å². The number of sulfonamides is 1. The molecule has 0 aliphatic heterocycles. The van der Waals surface area contributed by atoms with Crippen LogP contribution in [0, 0.1) is 0 Å². The minimum absolute atomic E-state index is 0.163. The molecule has 1 unspecified atom stereocenters. The number of hydrogen-bond acceptors (Lipinski definition) is 6. The summed E-state index contributed by atoms with van der Waals surface area (Å²) >= 11 is 1.08. The molecule has 1 N–H and O–H groups in total. The van der Waals surface area contributed by atoms with E-state index >= 15 is 0 Å². The first kappa shape index (κ1) is 17.6. The summed E-state index contributed by atoms with van der Waals surface area (Å²) in [6.45, 7) is 2.98. The molecular formula is C12H18N2O5S2. The molecule has 0 bridgehead atoms. The summed E-state index contributed by atoms with van der Waals surface area (Å²) in [5, 5.41) is 4.04. The number of ether oxygens (including phenoxy) is 1. The fourth-order valence-corrected chi connectivity index (χ4v) is 3.79. The molecule has 0 aliphatic rings. The maximum absolute atomic E-state index is 12.1. The lowest BCUT2D eigenvalue weighted by atomic mass is 10.3. The lowest BCUT2D eigenvalue weighted by Crippen LogP contribution is -2.45. The summed E-state index contributed by atoms with van der Waals surface area (Å²) in [5.74, 6) is -1.13. The van der Waals surface area contributed by atoms with Crippen molar-refractivity contribution in [2.45, 2.75) is 24.1 Å². The minimum Gasteiger partial charge on any atom is -0.464 e.